The molecule has 0 saturated carbocycles. The van der Waals surface area contributed by atoms with Crippen LogP contribution < -0.4 is 0 Å². The molecule has 0 spiro atoms. The van der Waals surface area contributed by atoms with Gasteiger partial charge in [0.25, 0.3) is 0 Å². The normalized spacial score (nSPS) is 12.7. The van der Waals surface area contributed by atoms with Gasteiger partial charge >= 0.3 is 19.5 Å². The van der Waals surface area contributed by atoms with E-state index < -0.39 is 25.2 Å². The Bertz CT molecular complexity index is 584. The molecule has 1 atom stereocenters. The summed E-state index contributed by atoms with van der Waals surface area (Å²) in [4.78, 5) is 24.5. The second-order valence-electron chi connectivity index (χ2n) is 4.45. The predicted octanol–water partition coefficient (Wildman–Crippen LogP) is 3.33. The number of hydrogen-bond acceptors (Lipinski definition) is 8. The summed E-state index contributed by atoms with van der Waals surface area (Å²) >= 11 is 0. The van der Waals surface area contributed by atoms with Crippen molar-refractivity contribution in [1.82, 2.24) is 0 Å². The SMILES string of the molecule is CCOC(=O)c1ccoc1C(C(=O)OCC)P(=O)(OCC)OCC. The third-order valence-electron chi connectivity index (χ3n) is 2.88. The average molecular weight is 362 g/mol. The second-order valence-corrected chi connectivity index (χ2v) is 6.56. The highest BCUT2D eigenvalue weighted by molar-refractivity contribution is 7.55. The van der Waals surface area contributed by atoms with Gasteiger partial charge in [0.05, 0.1) is 32.7 Å². The molecular formula is C15H23O8P. The molecule has 0 amide bonds. The highest BCUT2D eigenvalue weighted by Gasteiger charge is 2.47. The number of furan rings is 1. The molecular weight excluding hydrogens is 339 g/mol. The maximum absolute atomic E-state index is 13.1. The summed E-state index contributed by atoms with van der Waals surface area (Å²) in [7, 11) is -3.97. The standard InChI is InChI=1S/C15H23O8P/c1-5-19-14(16)11-9-10-21-12(11)13(15(17)20-6-2)24(18,22-7-3)23-8-4/h9-10,13H,5-8H2,1-4H3. The lowest BCUT2D eigenvalue weighted by molar-refractivity contribution is -0.143. The highest BCUT2D eigenvalue weighted by atomic mass is 31.2. The molecule has 9 heteroatoms. The van der Waals surface area contributed by atoms with E-state index in [-0.39, 0.29) is 37.8 Å². The molecule has 1 aromatic rings. The molecule has 24 heavy (non-hydrogen) atoms. The van der Waals surface area contributed by atoms with Crippen molar-refractivity contribution in [3.8, 4) is 0 Å². The predicted molar refractivity (Wildman–Crippen MR) is 84.9 cm³/mol. The van der Waals surface area contributed by atoms with Crippen molar-refractivity contribution in [2.24, 2.45) is 0 Å². The van der Waals surface area contributed by atoms with Gasteiger partial charge in [0.15, 0.2) is 0 Å². The minimum Gasteiger partial charge on any atom is -0.467 e. The Labute approximate surface area is 140 Å². The molecule has 0 fully saturated rings. The van der Waals surface area contributed by atoms with Crippen LogP contribution in [0.15, 0.2) is 16.7 Å². The second kappa shape index (κ2) is 9.61. The molecule has 136 valence electrons. The highest BCUT2D eigenvalue weighted by Crippen LogP contribution is 2.62. The zero-order chi connectivity index (χ0) is 18.2. The lowest BCUT2D eigenvalue weighted by Gasteiger charge is -2.24. The van der Waals surface area contributed by atoms with Gasteiger partial charge in [-0.15, -0.1) is 0 Å². The van der Waals surface area contributed by atoms with Gasteiger partial charge in [-0.2, -0.15) is 0 Å². The maximum atomic E-state index is 13.1. The summed E-state index contributed by atoms with van der Waals surface area (Å²) in [6.45, 7) is 6.77. The fraction of sp³-hybridized carbons (Fsp3) is 0.600. The molecule has 0 N–H and O–H groups in total. The number of ether oxygens (including phenoxy) is 2. The summed E-state index contributed by atoms with van der Waals surface area (Å²) in [6.07, 6.45) is 1.20. The Morgan fingerprint density at radius 2 is 1.62 bits per heavy atom. The first-order valence-electron chi connectivity index (χ1n) is 7.74. The fourth-order valence-electron chi connectivity index (χ4n) is 2.06. The Kier molecular flexibility index (Phi) is 8.18. The average Bonchev–Trinajstić information content (AvgIpc) is 2.97. The molecule has 0 aliphatic carbocycles. The van der Waals surface area contributed by atoms with E-state index in [0.29, 0.717) is 0 Å². The molecule has 1 aromatic heterocycles. The molecule has 8 nitrogen and oxygen atoms in total. The van der Waals surface area contributed by atoms with Crippen LogP contribution in [0.5, 0.6) is 0 Å². The molecule has 0 aliphatic rings. The number of hydrogen-bond donors (Lipinski definition) is 0. The summed E-state index contributed by atoms with van der Waals surface area (Å²) < 4.78 is 38.8. The van der Waals surface area contributed by atoms with Crippen LogP contribution in [0.25, 0.3) is 0 Å². The lowest BCUT2D eigenvalue weighted by Crippen LogP contribution is -2.21. The Morgan fingerprint density at radius 3 is 2.12 bits per heavy atom. The van der Waals surface area contributed by atoms with Gasteiger partial charge < -0.3 is 22.9 Å². The minimum atomic E-state index is -3.97. The van der Waals surface area contributed by atoms with E-state index in [1.807, 2.05) is 0 Å². The third-order valence-corrected chi connectivity index (χ3v) is 5.20. The smallest absolute Gasteiger partial charge is 0.352 e. The van der Waals surface area contributed by atoms with Gasteiger partial charge in [0.1, 0.15) is 11.3 Å². The van der Waals surface area contributed by atoms with E-state index in [1.54, 1.807) is 27.7 Å². The van der Waals surface area contributed by atoms with Gasteiger partial charge in [0.2, 0.25) is 5.66 Å². The molecule has 1 heterocycles. The van der Waals surface area contributed by atoms with Crippen molar-refractivity contribution in [2.45, 2.75) is 33.4 Å². The van der Waals surface area contributed by atoms with Gasteiger partial charge in [-0.3, -0.25) is 9.36 Å². The van der Waals surface area contributed by atoms with Gasteiger partial charge in [-0.25, -0.2) is 4.79 Å². The molecule has 0 aliphatic heterocycles. The monoisotopic (exact) mass is 362 g/mol. The summed E-state index contributed by atoms with van der Waals surface area (Å²) in [5.74, 6) is -1.71. The van der Waals surface area contributed by atoms with E-state index in [9.17, 15) is 14.2 Å². The van der Waals surface area contributed by atoms with E-state index >= 15 is 0 Å². The van der Waals surface area contributed by atoms with Crippen LogP contribution in [-0.2, 0) is 27.9 Å². The summed E-state index contributed by atoms with van der Waals surface area (Å²) in [5.41, 5.74) is -1.53. The van der Waals surface area contributed by atoms with Crippen LogP contribution in [0.3, 0.4) is 0 Å². The Hall–Kier alpha value is -1.63. The number of rotatable bonds is 10. The van der Waals surface area contributed by atoms with Crippen molar-refractivity contribution < 1.29 is 37.1 Å². The Balaban J connectivity index is 3.39. The van der Waals surface area contributed by atoms with E-state index in [2.05, 4.69) is 0 Å². The summed E-state index contributed by atoms with van der Waals surface area (Å²) in [6, 6.07) is 1.34. The zero-order valence-electron chi connectivity index (χ0n) is 14.3. The number of esters is 2. The van der Waals surface area contributed by atoms with E-state index in [4.69, 9.17) is 22.9 Å². The third kappa shape index (κ3) is 4.69. The minimum absolute atomic E-state index is 0.0189. The molecule has 0 bridgehead atoms. The fourth-order valence-corrected chi connectivity index (χ4v) is 3.97. The van der Waals surface area contributed by atoms with Crippen molar-refractivity contribution in [1.29, 1.82) is 0 Å². The quantitative estimate of drug-likeness (QED) is 0.461. The Morgan fingerprint density at radius 1 is 1.04 bits per heavy atom. The maximum Gasteiger partial charge on any atom is 0.352 e. The first kappa shape index (κ1) is 20.4. The first-order valence-corrected chi connectivity index (χ1v) is 9.36. The van der Waals surface area contributed by atoms with E-state index in [0.717, 1.165) is 0 Å². The number of carbonyl (C=O) groups excluding carboxylic acids is 2. The topological polar surface area (TPSA) is 101 Å². The van der Waals surface area contributed by atoms with Crippen LogP contribution in [0, 0.1) is 0 Å². The first-order chi connectivity index (χ1) is 11.4. The molecule has 1 unspecified atom stereocenters. The van der Waals surface area contributed by atoms with Gasteiger partial charge in [0, 0.05) is 0 Å². The van der Waals surface area contributed by atoms with Crippen LogP contribution in [0.2, 0.25) is 0 Å². The van der Waals surface area contributed by atoms with Crippen LogP contribution >= 0.6 is 7.60 Å². The van der Waals surface area contributed by atoms with Crippen molar-refractivity contribution in [2.75, 3.05) is 26.4 Å². The van der Waals surface area contributed by atoms with Crippen molar-refractivity contribution in [3.05, 3.63) is 23.7 Å². The van der Waals surface area contributed by atoms with E-state index in [1.165, 1.54) is 12.3 Å². The van der Waals surface area contributed by atoms with Gasteiger partial charge in [-0.05, 0) is 33.8 Å². The largest absolute Gasteiger partial charge is 0.467 e. The van der Waals surface area contributed by atoms with Crippen LogP contribution in [0.1, 0.15) is 49.5 Å². The molecule has 0 saturated heterocycles. The molecule has 0 aromatic carbocycles. The van der Waals surface area contributed by atoms with Crippen LogP contribution in [-0.4, -0.2) is 38.4 Å². The lowest BCUT2D eigenvalue weighted by atomic mass is 10.2. The van der Waals surface area contributed by atoms with Gasteiger partial charge in [-0.1, -0.05) is 0 Å². The zero-order valence-corrected chi connectivity index (χ0v) is 15.2. The molecule has 0 radical (unpaired) electrons. The van der Waals surface area contributed by atoms with Crippen molar-refractivity contribution in [3.63, 3.8) is 0 Å². The molecule has 1 rings (SSSR count). The summed E-state index contributed by atoms with van der Waals surface area (Å²) in [5, 5.41) is 0. The number of carbonyl (C=O) groups is 2. The van der Waals surface area contributed by atoms with Crippen LogP contribution in [0.4, 0.5) is 0 Å². The van der Waals surface area contributed by atoms with Crippen molar-refractivity contribution >= 4 is 19.5 Å².